The van der Waals surface area contributed by atoms with Crippen molar-refractivity contribution in [2.75, 3.05) is 32.9 Å². The van der Waals surface area contributed by atoms with Crippen LogP contribution in [0, 0.1) is 0 Å². The molecule has 1 unspecified atom stereocenters. The second-order valence-electron chi connectivity index (χ2n) is 7.99. The number of hydrogen-bond acceptors (Lipinski definition) is 9. The highest BCUT2D eigenvalue weighted by Gasteiger charge is 2.34. The zero-order valence-electron chi connectivity index (χ0n) is 18.1. The summed E-state index contributed by atoms with van der Waals surface area (Å²) < 4.78 is 0. The van der Waals surface area contributed by atoms with Gasteiger partial charge in [0.2, 0.25) is 5.95 Å². The second kappa shape index (κ2) is 9.11. The van der Waals surface area contributed by atoms with Gasteiger partial charge in [-0.2, -0.15) is 9.97 Å². The molecule has 6 N–H and O–H groups in total. The normalized spacial score (nSPS) is 14.4. The van der Waals surface area contributed by atoms with Gasteiger partial charge in [-0.3, -0.25) is 10.0 Å². The molecule has 1 atom stereocenters. The molecule has 0 radical (unpaired) electrons. The van der Waals surface area contributed by atoms with Crippen LogP contribution in [0.5, 0.6) is 0 Å². The van der Waals surface area contributed by atoms with Crippen LogP contribution in [0.3, 0.4) is 0 Å². The monoisotopic (exact) mass is 434 g/mol. The third-order valence-electron chi connectivity index (χ3n) is 4.73. The van der Waals surface area contributed by atoms with Crippen LogP contribution in [0.25, 0.3) is 0 Å². The van der Waals surface area contributed by atoms with Crippen LogP contribution < -0.4 is 31.9 Å². The molecule has 1 aromatic carbocycles. The first-order chi connectivity index (χ1) is 14.2. The summed E-state index contributed by atoms with van der Waals surface area (Å²) in [6.07, 6.45) is -0.521. The Labute approximate surface area is 182 Å². The quantitative estimate of drug-likeness (QED) is 0.400. The maximum Gasteiger partial charge on any atom is 0.226 e. The van der Waals surface area contributed by atoms with E-state index in [-0.39, 0.29) is 12.1 Å². The minimum absolute atomic E-state index is 0.165. The molecule has 0 saturated heterocycles. The molecule has 1 aliphatic heterocycles. The number of fused-ring (bicyclic) bond motifs is 1. The Morgan fingerprint density at radius 2 is 1.80 bits per heavy atom. The molecule has 2 heterocycles. The van der Waals surface area contributed by atoms with Gasteiger partial charge in [0.25, 0.3) is 0 Å². The van der Waals surface area contributed by atoms with E-state index in [2.05, 4.69) is 48.8 Å². The van der Waals surface area contributed by atoms with Crippen molar-refractivity contribution in [1.29, 1.82) is 0 Å². The molecule has 0 spiro atoms. The first-order valence-corrected chi connectivity index (χ1v) is 10.5. The van der Waals surface area contributed by atoms with E-state index < -0.39 is 6.10 Å². The van der Waals surface area contributed by atoms with Gasteiger partial charge in [-0.25, -0.2) is 0 Å². The molecule has 0 aliphatic carbocycles. The van der Waals surface area contributed by atoms with Gasteiger partial charge in [-0.05, 0) is 46.8 Å². The number of nitrogens with two attached hydrogens (primary N) is 1. The molecule has 164 valence electrons. The number of aliphatic hydroxyl groups excluding tert-OH is 1. The Morgan fingerprint density at radius 1 is 1.10 bits per heavy atom. The van der Waals surface area contributed by atoms with Gasteiger partial charge in [0, 0.05) is 41.4 Å². The van der Waals surface area contributed by atoms with E-state index in [4.69, 9.17) is 22.3 Å². The van der Waals surface area contributed by atoms with Crippen LogP contribution in [0.2, 0.25) is 5.02 Å². The lowest BCUT2D eigenvalue weighted by molar-refractivity contribution is 0.208. The molecule has 0 saturated carbocycles. The summed E-state index contributed by atoms with van der Waals surface area (Å²) in [4.78, 5) is 9.39. The van der Waals surface area contributed by atoms with Crippen molar-refractivity contribution >= 4 is 40.6 Å². The van der Waals surface area contributed by atoms with Crippen LogP contribution in [0.1, 0.15) is 40.2 Å². The van der Waals surface area contributed by atoms with Crippen LogP contribution in [-0.2, 0) is 6.54 Å². The molecule has 0 fully saturated rings. The number of nitrogen functional groups attached to an aromatic ring is 1. The first-order valence-electron chi connectivity index (χ1n) is 10.1. The summed E-state index contributed by atoms with van der Waals surface area (Å²) in [6.45, 7) is 10.8. The van der Waals surface area contributed by atoms with Crippen LogP contribution in [0.15, 0.2) is 18.2 Å². The van der Waals surface area contributed by atoms with E-state index in [9.17, 15) is 5.11 Å². The third kappa shape index (κ3) is 4.63. The molecular formula is C20H31ClN8O. The van der Waals surface area contributed by atoms with E-state index in [1.807, 2.05) is 28.2 Å². The van der Waals surface area contributed by atoms with Gasteiger partial charge < -0.3 is 21.5 Å². The van der Waals surface area contributed by atoms with Gasteiger partial charge in [-0.1, -0.05) is 17.7 Å². The summed E-state index contributed by atoms with van der Waals surface area (Å²) in [5, 5.41) is 20.8. The Balaban J connectivity index is 2.02. The first kappa shape index (κ1) is 22.2. The number of aliphatic hydroxyl groups is 1. The number of rotatable bonds is 8. The highest BCUT2D eigenvalue weighted by atomic mass is 35.5. The zero-order valence-corrected chi connectivity index (χ0v) is 18.8. The van der Waals surface area contributed by atoms with E-state index in [0.29, 0.717) is 35.6 Å². The van der Waals surface area contributed by atoms with Crippen molar-refractivity contribution in [2.24, 2.45) is 0 Å². The van der Waals surface area contributed by atoms with Crippen LogP contribution in [0.4, 0.5) is 29.0 Å². The van der Waals surface area contributed by atoms with E-state index >= 15 is 0 Å². The maximum atomic E-state index is 9.65. The fourth-order valence-corrected chi connectivity index (χ4v) is 3.40. The Kier molecular flexibility index (Phi) is 6.74. The number of anilines is 5. The largest absolute Gasteiger partial charge is 0.398 e. The predicted octanol–water partition coefficient (Wildman–Crippen LogP) is 2.98. The maximum absolute atomic E-state index is 9.65. The lowest BCUT2D eigenvalue weighted by atomic mass is 10.2. The number of nitrogens with one attached hydrogen (secondary N) is 3. The Morgan fingerprint density at radius 3 is 2.40 bits per heavy atom. The fraction of sp³-hybridized carbons (Fsp3) is 0.500. The molecule has 9 nitrogen and oxygen atoms in total. The molecular weight excluding hydrogens is 404 g/mol. The summed E-state index contributed by atoms with van der Waals surface area (Å²) >= 11 is 6.35. The highest BCUT2D eigenvalue weighted by Crippen LogP contribution is 2.40. The van der Waals surface area contributed by atoms with Crippen LogP contribution in [-0.4, -0.2) is 39.8 Å². The van der Waals surface area contributed by atoms with Gasteiger partial charge in [0.15, 0.2) is 11.6 Å². The minimum Gasteiger partial charge on any atom is -0.398 e. The van der Waals surface area contributed by atoms with Gasteiger partial charge >= 0.3 is 0 Å². The fourth-order valence-electron chi connectivity index (χ4n) is 3.16. The van der Waals surface area contributed by atoms with Gasteiger partial charge in [-0.15, -0.1) is 5.53 Å². The summed E-state index contributed by atoms with van der Waals surface area (Å²) in [6, 6.07) is 5.80. The molecule has 1 aromatic heterocycles. The molecule has 3 rings (SSSR count). The standard InChI is InChI=1S/C20H31ClN8O/c1-11(2)28-17-18(23-10-14-15(21)7-6-8-16(14)22)25-20(24-9-13(5)30)26-19(17)29(27-28)12(3)4/h6-8,11-13,27,30H,9-10,22H2,1-5H3,(H2,23,24,25,26). The molecule has 10 heteroatoms. The van der Waals surface area contributed by atoms with Crippen molar-refractivity contribution in [1.82, 2.24) is 15.5 Å². The average Bonchev–Trinajstić information content (AvgIpc) is 3.06. The Hall–Kier alpha value is -2.49. The SMILES string of the molecule is CC(O)CNc1nc(NCc2c(N)cccc2Cl)c2c(n1)N(C(C)C)NN2C(C)C. The molecule has 0 amide bonds. The second-order valence-corrected chi connectivity index (χ2v) is 8.39. The summed E-state index contributed by atoms with van der Waals surface area (Å²) in [5.74, 6) is 1.84. The summed E-state index contributed by atoms with van der Waals surface area (Å²) in [7, 11) is 0. The molecule has 2 aromatic rings. The third-order valence-corrected chi connectivity index (χ3v) is 5.08. The van der Waals surface area contributed by atoms with Gasteiger partial charge in [0.05, 0.1) is 6.10 Å². The number of hydrogen-bond donors (Lipinski definition) is 5. The minimum atomic E-state index is -0.521. The predicted molar refractivity (Wildman–Crippen MR) is 124 cm³/mol. The molecule has 30 heavy (non-hydrogen) atoms. The van der Waals surface area contributed by atoms with E-state index in [1.54, 1.807) is 6.92 Å². The number of halogens is 1. The van der Waals surface area contributed by atoms with Crippen molar-refractivity contribution in [3.8, 4) is 0 Å². The molecule has 0 bridgehead atoms. The topological polar surface area (TPSA) is 115 Å². The van der Waals surface area contributed by atoms with E-state index in [0.717, 1.165) is 17.1 Å². The van der Waals surface area contributed by atoms with Crippen LogP contribution >= 0.6 is 11.6 Å². The number of aromatic nitrogens is 2. The Bertz CT molecular complexity index is 869. The number of benzene rings is 1. The molecule has 1 aliphatic rings. The smallest absolute Gasteiger partial charge is 0.226 e. The average molecular weight is 435 g/mol. The number of hydrazine groups is 2. The van der Waals surface area contributed by atoms with Crippen molar-refractivity contribution in [3.63, 3.8) is 0 Å². The van der Waals surface area contributed by atoms with Crippen molar-refractivity contribution in [3.05, 3.63) is 28.8 Å². The zero-order chi connectivity index (χ0) is 22.0. The van der Waals surface area contributed by atoms with Gasteiger partial charge in [0.1, 0.15) is 5.69 Å². The van der Waals surface area contributed by atoms with Crippen molar-refractivity contribution < 1.29 is 5.11 Å². The lowest BCUT2D eigenvalue weighted by Crippen LogP contribution is -2.50. The highest BCUT2D eigenvalue weighted by molar-refractivity contribution is 6.31. The number of nitrogens with zero attached hydrogens (tertiary/aromatic N) is 4. The van der Waals surface area contributed by atoms with Crippen molar-refractivity contribution in [2.45, 2.75) is 59.4 Å². The van der Waals surface area contributed by atoms with E-state index in [1.165, 1.54) is 0 Å². The lowest BCUT2D eigenvalue weighted by Gasteiger charge is -2.27. The summed E-state index contributed by atoms with van der Waals surface area (Å²) in [5.41, 5.74) is 11.8.